The third-order valence-electron chi connectivity index (χ3n) is 6.29. The standard InChI is InChI=1S/C27H29FN4O4/c1-35-23-13-8-18(16-24(23)36-2)25(26(33)31-20-6-4-3-5-7-20)32(21-11-9-19(28)10-12-21)27(34)22-17-29-14-15-30-22/h8-17,20,25H,3-7H2,1-2H3,(H,31,33). The number of nitrogens with one attached hydrogen (secondary N) is 1. The summed E-state index contributed by atoms with van der Waals surface area (Å²) in [6.45, 7) is 0. The number of aromatic nitrogens is 2. The number of carbonyl (C=O) groups is 2. The van der Waals surface area contributed by atoms with Gasteiger partial charge in [-0.2, -0.15) is 0 Å². The first kappa shape index (κ1) is 25.1. The summed E-state index contributed by atoms with van der Waals surface area (Å²) < 4.78 is 24.6. The Kier molecular flexibility index (Phi) is 8.10. The van der Waals surface area contributed by atoms with Crippen molar-refractivity contribution in [2.45, 2.75) is 44.2 Å². The van der Waals surface area contributed by atoms with E-state index in [1.807, 2.05) is 0 Å². The lowest BCUT2D eigenvalue weighted by Gasteiger charge is -2.33. The molecule has 1 N–H and O–H groups in total. The highest BCUT2D eigenvalue weighted by Gasteiger charge is 2.35. The second kappa shape index (κ2) is 11.6. The Morgan fingerprint density at radius 3 is 2.36 bits per heavy atom. The fourth-order valence-electron chi connectivity index (χ4n) is 4.49. The third-order valence-corrected chi connectivity index (χ3v) is 6.29. The number of benzene rings is 2. The third kappa shape index (κ3) is 5.62. The summed E-state index contributed by atoms with van der Waals surface area (Å²) in [5, 5.41) is 3.14. The second-order valence-corrected chi connectivity index (χ2v) is 8.60. The number of carbonyl (C=O) groups excluding carboxylic acids is 2. The number of rotatable bonds is 8. The van der Waals surface area contributed by atoms with Crippen molar-refractivity contribution in [2.24, 2.45) is 0 Å². The van der Waals surface area contributed by atoms with Crippen molar-refractivity contribution in [2.75, 3.05) is 19.1 Å². The van der Waals surface area contributed by atoms with Gasteiger partial charge < -0.3 is 14.8 Å². The summed E-state index contributed by atoms with van der Waals surface area (Å²) in [5.41, 5.74) is 0.894. The molecule has 1 atom stereocenters. The first-order valence-electron chi connectivity index (χ1n) is 11.9. The molecule has 4 rings (SSSR count). The minimum Gasteiger partial charge on any atom is -0.493 e. The molecule has 1 fully saturated rings. The van der Waals surface area contributed by atoms with Crippen LogP contribution in [0, 0.1) is 5.82 Å². The molecule has 2 aromatic carbocycles. The first-order chi connectivity index (χ1) is 17.5. The van der Waals surface area contributed by atoms with E-state index in [9.17, 15) is 14.0 Å². The topological polar surface area (TPSA) is 93.7 Å². The molecule has 0 saturated heterocycles. The average molecular weight is 493 g/mol. The molecule has 0 spiro atoms. The number of nitrogens with zero attached hydrogens (tertiary/aromatic N) is 3. The Hall–Kier alpha value is -4.01. The molecule has 8 nitrogen and oxygen atoms in total. The Bertz CT molecular complexity index is 1180. The SMILES string of the molecule is COc1ccc(C(C(=O)NC2CCCCC2)N(C(=O)c2cnccn2)c2ccc(F)cc2)cc1OC. The summed E-state index contributed by atoms with van der Waals surface area (Å²) in [5.74, 6) is -0.457. The zero-order valence-corrected chi connectivity index (χ0v) is 20.3. The van der Waals surface area contributed by atoms with E-state index in [2.05, 4.69) is 15.3 Å². The van der Waals surface area contributed by atoms with Crippen LogP contribution in [0.25, 0.3) is 0 Å². The van der Waals surface area contributed by atoms with Crippen LogP contribution in [-0.2, 0) is 4.79 Å². The lowest BCUT2D eigenvalue weighted by molar-refractivity contribution is -0.123. The molecule has 188 valence electrons. The smallest absolute Gasteiger partial charge is 0.279 e. The van der Waals surface area contributed by atoms with Gasteiger partial charge in [0.05, 0.1) is 20.4 Å². The van der Waals surface area contributed by atoms with Crippen LogP contribution in [0.3, 0.4) is 0 Å². The molecular formula is C27H29FN4O4. The van der Waals surface area contributed by atoms with Gasteiger partial charge in [0.15, 0.2) is 11.5 Å². The zero-order valence-electron chi connectivity index (χ0n) is 20.3. The number of hydrogen-bond acceptors (Lipinski definition) is 6. The van der Waals surface area contributed by atoms with E-state index >= 15 is 0 Å². The van der Waals surface area contributed by atoms with E-state index in [-0.39, 0.29) is 17.6 Å². The van der Waals surface area contributed by atoms with Gasteiger partial charge in [0, 0.05) is 24.1 Å². The molecule has 0 aliphatic heterocycles. The predicted octanol–water partition coefficient (Wildman–Crippen LogP) is 4.47. The molecule has 1 aromatic heterocycles. The molecule has 0 radical (unpaired) electrons. The molecule has 1 heterocycles. The summed E-state index contributed by atoms with van der Waals surface area (Å²) in [4.78, 5) is 37.2. The van der Waals surface area contributed by atoms with E-state index in [4.69, 9.17) is 9.47 Å². The maximum atomic E-state index is 13.9. The normalized spacial score (nSPS) is 14.5. The van der Waals surface area contributed by atoms with Crippen LogP contribution in [-0.4, -0.2) is 42.0 Å². The van der Waals surface area contributed by atoms with E-state index < -0.39 is 17.8 Å². The highest BCUT2D eigenvalue weighted by molar-refractivity contribution is 6.09. The van der Waals surface area contributed by atoms with Crippen molar-refractivity contribution < 1.29 is 23.5 Å². The summed E-state index contributed by atoms with van der Waals surface area (Å²) in [7, 11) is 3.02. The Balaban J connectivity index is 1.84. The molecule has 36 heavy (non-hydrogen) atoms. The molecule has 1 aliphatic rings. The minimum atomic E-state index is -1.09. The van der Waals surface area contributed by atoms with Crippen molar-refractivity contribution in [1.82, 2.24) is 15.3 Å². The first-order valence-corrected chi connectivity index (χ1v) is 11.9. The maximum Gasteiger partial charge on any atom is 0.279 e. The Morgan fingerprint density at radius 2 is 1.72 bits per heavy atom. The van der Waals surface area contributed by atoms with E-state index in [1.54, 1.807) is 18.2 Å². The number of methoxy groups -OCH3 is 2. The predicted molar refractivity (Wildman–Crippen MR) is 133 cm³/mol. The Labute approximate surface area is 209 Å². The summed E-state index contributed by atoms with van der Waals surface area (Å²) in [6, 6.07) is 9.41. The van der Waals surface area contributed by atoms with Gasteiger partial charge in [-0.15, -0.1) is 0 Å². The molecule has 9 heteroatoms. The number of amides is 2. The number of halogens is 1. The highest BCUT2D eigenvalue weighted by Crippen LogP contribution is 2.35. The quantitative estimate of drug-likeness (QED) is 0.499. The van der Waals surface area contributed by atoms with Gasteiger partial charge in [0.25, 0.3) is 5.91 Å². The van der Waals surface area contributed by atoms with Crippen LogP contribution in [0.1, 0.15) is 54.2 Å². The van der Waals surface area contributed by atoms with E-state index in [0.29, 0.717) is 22.7 Å². The van der Waals surface area contributed by atoms with Crippen LogP contribution < -0.4 is 19.7 Å². The average Bonchev–Trinajstić information content (AvgIpc) is 2.92. The van der Waals surface area contributed by atoms with Crippen molar-refractivity contribution in [3.63, 3.8) is 0 Å². The molecular weight excluding hydrogens is 463 g/mol. The number of anilines is 1. The van der Waals surface area contributed by atoms with Crippen molar-refractivity contribution in [1.29, 1.82) is 0 Å². The maximum absolute atomic E-state index is 13.9. The van der Waals surface area contributed by atoms with E-state index in [1.165, 1.54) is 62.0 Å². The molecule has 3 aromatic rings. The van der Waals surface area contributed by atoms with Gasteiger partial charge in [0.2, 0.25) is 5.91 Å². The molecule has 1 saturated carbocycles. The van der Waals surface area contributed by atoms with Gasteiger partial charge in [-0.1, -0.05) is 25.3 Å². The lowest BCUT2D eigenvalue weighted by Crippen LogP contribution is -2.47. The largest absolute Gasteiger partial charge is 0.493 e. The van der Waals surface area contributed by atoms with Crippen LogP contribution in [0.5, 0.6) is 11.5 Å². The van der Waals surface area contributed by atoms with Crippen LogP contribution in [0.4, 0.5) is 10.1 Å². The Morgan fingerprint density at radius 1 is 1.00 bits per heavy atom. The van der Waals surface area contributed by atoms with Crippen LogP contribution in [0.2, 0.25) is 0 Å². The van der Waals surface area contributed by atoms with Gasteiger partial charge in [-0.3, -0.25) is 19.5 Å². The minimum absolute atomic E-state index is 0.00980. The van der Waals surface area contributed by atoms with Crippen molar-refractivity contribution in [3.8, 4) is 11.5 Å². The van der Waals surface area contributed by atoms with Gasteiger partial charge >= 0.3 is 0 Å². The van der Waals surface area contributed by atoms with Gasteiger partial charge in [-0.25, -0.2) is 9.37 Å². The number of hydrogen-bond donors (Lipinski definition) is 1. The lowest BCUT2D eigenvalue weighted by atomic mass is 9.94. The summed E-state index contributed by atoms with van der Waals surface area (Å²) in [6.07, 6.45) is 9.16. The fourth-order valence-corrected chi connectivity index (χ4v) is 4.49. The monoisotopic (exact) mass is 492 g/mol. The van der Waals surface area contributed by atoms with Gasteiger partial charge in [0.1, 0.15) is 17.6 Å². The van der Waals surface area contributed by atoms with Crippen molar-refractivity contribution >= 4 is 17.5 Å². The van der Waals surface area contributed by atoms with Crippen molar-refractivity contribution in [3.05, 3.63) is 78.1 Å². The summed E-state index contributed by atoms with van der Waals surface area (Å²) >= 11 is 0. The number of ether oxygens (including phenoxy) is 2. The van der Waals surface area contributed by atoms with Crippen LogP contribution >= 0.6 is 0 Å². The zero-order chi connectivity index (χ0) is 25.5. The molecule has 2 amide bonds. The van der Waals surface area contributed by atoms with Gasteiger partial charge in [-0.05, 0) is 54.8 Å². The fraction of sp³-hybridized carbons (Fsp3) is 0.333. The van der Waals surface area contributed by atoms with Crippen LogP contribution in [0.15, 0.2) is 61.1 Å². The second-order valence-electron chi connectivity index (χ2n) is 8.60. The molecule has 0 bridgehead atoms. The molecule has 1 unspecified atom stereocenters. The van der Waals surface area contributed by atoms with E-state index in [0.717, 1.165) is 32.1 Å². The highest BCUT2D eigenvalue weighted by atomic mass is 19.1. The molecule has 1 aliphatic carbocycles.